The number of hydrogen-bond donors (Lipinski definition) is 0. The van der Waals surface area contributed by atoms with Gasteiger partial charge in [0.1, 0.15) is 5.78 Å². The molecule has 104 valence electrons. The molecule has 2 aromatic rings. The summed E-state index contributed by atoms with van der Waals surface area (Å²) in [6, 6.07) is 10.0. The van der Waals surface area contributed by atoms with Gasteiger partial charge in [-0.05, 0) is 48.0 Å². The van der Waals surface area contributed by atoms with Crippen LogP contribution >= 0.6 is 11.8 Å². The Kier molecular flexibility index (Phi) is 4.36. The quantitative estimate of drug-likeness (QED) is 0.854. The van der Waals surface area contributed by atoms with Gasteiger partial charge >= 0.3 is 0 Å². The predicted octanol–water partition coefficient (Wildman–Crippen LogP) is 3.88. The van der Waals surface area contributed by atoms with Crippen molar-refractivity contribution in [2.75, 3.05) is 11.5 Å². The smallest absolute Gasteiger partial charge is 0.137 e. The number of ketones is 1. The highest BCUT2D eigenvalue weighted by Crippen LogP contribution is 2.26. The van der Waals surface area contributed by atoms with Crippen LogP contribution in [0.2, 0.25) is 0 Å². The number of fused-ring (bicyclic) bond motifs is 1. The van der Waals surface area contributed by atoms with Gasteiger partial charge in [-0.2, -0.15) is 11.8 Å². The molecule has 1 fully saturated rings. The van der Waals surface area contributed by atoms with Crippen LogP contribution in [0, 0.1) is 5.92 Å². The third kappa shape index (κ3) is 3.21. The van der Waals surface area contributed by atoms with Crippen molar-refractivity contribution in [1.82, 2.24) is 4.98 Å². The van der Waals surface area contributed by atoms with Crippen LogP contribution in [0.4, 0.5) is 0 Å². The van der Waals surface area contributed by atoms with E-state index in [9.17, 15) is 4.79 Å². The topological polar surface area (TPSA) is 30.0 Å². The first-order valence-corrected chi connectivity index (χ1v) is 8.40. The van der Waals surface area contributed by atoms with Gasteiger partial charge in [0, 0.05) is 24.4 Å². The Bertz CT molecular complexity index is 599. The summed E-state index contributed by atoms with van der Waals surface area (Å²) in [4.78, 5) is 16.6. The molecule has 0 amide bonds. The number of carbonyl (C=O) groups excluding carboxylic acids is 1. The minimum atomic E-state index is 0.373. The van der Waals surface area contributed by atoms with Gasteiger partial charge in [0.2, 0.25) is 0 Å². The van der Waals surface area contributed by atoms with Gasteiger partial charge in [-0.1, -0.05) is 18.2 Å². The number of nitrogens with zero attached hydrogens (tertiary/aromatic N) is 1. The molecule has 0 aliphatic carbocycles. The van der Waals surface area contributed by atoms with Gasteiger partial charge < -0.3 is 0 Å². The van der Waals surface area contributed by atoms with E-state index in [0.717, 1.165) is 22.9 Å². The number of rotatable bonds is 4. The summed E-state index contributed by atoms with van der Waals surface area (Å²) < 4.78 is 0. The van der Waals surface area contributed by atoms with Crippen LogP contribution in [0.5, 0.6) is 0 Å². The number of Topliss-reactive ketones (excluding diaryl/α,β-unsaturated/α-hetero) is 1. The van der Waals surface area contributed by atoms with E-state index in [2.05, 4.69) is 11.1 Å². The summed E-state index contributed by atoms with van der Waals surface area (Å²) >= 11 is 2.01. The predicted molar refractivity (Wildman–Crippen MR) is 85.1 cm³/mol. The fourth-order valence-corrected chi connectivity index (χ4v) is 4.07. The normalized spacial score (nSPS) is 16.4. The monoisotopic (exact) mass is 285 g/mol. The molecule has 20 heavy (non-hydrogen) atoms. The number of hydrogen-bond acceptors (Lipinski definition) is 3. The first kappa shape index (κ1) is 13.6. The lowest BCUT2D eigenvalue weighted by molar-refractivity contribution is -0.119. The zero-order valence-electron chi connectivity index (χ0n) is 11.5. The lowest BCUT2D eigenvalue weighted by atomic mass is 9.93. The van der Waals surface area contributed by atoms with Crippen LogP contribution in [0.15, 0.2) is 36.5 Å². The molecule has 1 saturated heterocycles. The molecule has 2 nitrogen and oxygen atoms in total. The second-order valence-electron chi connectivity index (χ2n) is 5.46. The van der Waals surface area contributed by atoms with Crippen LogP contribution in [0.25, 0.3) is 10.9 Å². The minimum Gasteiger partial charge on any atom is -0.299 e. The number of aromatic nitrogens is 1. The Morgan fingerprint density at radius 2 is 2.00 bits per heavy atom. The van der Waals surface area contributed by atoms with Gasteiger partial charge in [-0.15, -0.1) is 0 Å². The van der Waals surface area contributed by atoms with Crippen molar-refractivity contribution in [3.8, 4) is 0 Å². The van der Waals surface area contributed by atoms with E-state index in [1.807, 2.05) is 42.2 Å². The van der Waals surface area contributed by atoms with E-state index >= 15 is 0 Å². The molecular weight excluding hydrogens is 266 g/mol. The van der Waals surface area contributed by atoms with Crippen molar-refractivity contribution in [2.45, 2.75) is 25.7 Å². The Balaban J connectivity index is 1.71. The van der Waals surface area contributed by atoms with Crippen molar-refractivity contribution < 1.29 is 4.79 Å². The Labute approximate surface area is 124 Å². The molecule has 1 aromatic heterocycles. The Morgan fingerprint density at radius 1 is 1.20 bits per heavy atom. The van der Waals surface area contributed by atoms with Crippen molar-refractivity contribution in [2.24, 2.45) is 5.92 Å². The lowest BCUT2D eigenvalue weighted by Gasteiger charge is -2.20. The van der Waals surface area contributed by atoms with E-state index in [4.69, 9.17) is 0 Å². The highest BCUT2D eigenvalue weighted by molar-refractivity contribution is 7.99. The van der Waals surface area contributed by atoms with E-state index in [1.54, 1.807) is 0 Å². The molecule has 0 radical (unpaired) electrons. The van der Waals surface area contributed by atoms with Crippen molar-refractivity contribution in [1.29, 1.82) is 0 Å². The van der Waals surface area contributed by atoms with Crippen LogP contribution < -0.4 is 0 Å². The van der Waals surface area contributed by atoms with Crippen LogP contribution in [-0.2, 0) is 11.2 Å². The maximum atomic E-state index is 12.3. The lowest BCUT2D eigenvalue weighted by Crippen LogP contribution is -2.15. The van der Waals surface area contributed by atoms with Crippen molar-refractivity contribution in [3.63, 3.8) is 0 Å². The fourth-order valence-electron chi connectivity index (χ4n) is 2.87. The molecule has 1 aliphatic rings. The van der Waals surface area contributed by atoms with Crippen molar-refractivity contribution >= 4 is 28.4 Å². The van der Waals surface area contributed by atoms with Gasteiger partial charge in [0.15, 0.2) is 0 Å². The molecule has 0 bridgehead atoms. The molecule has 0 atom stereocenters. The van der Waals surface area contributed by atoms with Crippen LogP contribution in [0.1, 0.15) is 24.8 Å². The summed E-state index contributed by atoms with van der Waals surface area (Å²) in [7, 11) is 0. The maximum absolute atomic E-state index is 12.3. The number of para-hydroxylation sites is 1. The summed E-state index contributed by atoms with van der Waals surface area (Å²) in [6.07, 6.45) is 5.51. The molecule has 1 aromatic carbocycles. The standard InChI is InChI=1S/C17H19NOS/c19-15(11-13-6-9-20-10-7-13)12-14-5-8-18-17-4-2-1-3-16(14)17/h1-5,8,13H,6-7,9-12H2. The number of thioether (sulfide) groups is 1. The summed E-state index contributed by atoms with van der Waals surface area (Å²) in [5.41, 5.74) is 2.10. The highest BCUT2D eigenvalue weighted by Gasteiger charge is 2.17. The third-order valence-corrected chi connectivity index (χ3v) is 5.03. The zero-order valence-corrected chi connectivity index (χ0v) is 12.4. The second-order valence-corrected chi connectivity index (χ2v) is 6.69. The molecule has 3 heteroatoms. The Morgan fingerprint density at radius 3 is 2.85 bits per heavy atom. The van der Waals surface area contributed by atoms with Crippen LogP contribution in [-0.4, -0.2) is 22.3 Å². The molecule has 2 heterocycles. The van der Waals surface area contributed by atoms with Gasteiger partial charge in [-0.25, -0.2) is 0 Å². The SMILES string of the molecule is O=C(Cc1ccnc2ccccc12)CC1CCSCC1. The number of carbonyl (C=O) groups is 1. The van der Waals surface area contributed by atoms with Gasteiger partial charge in [0.05, 0.1) is 5.52 Å². The molecular formula is C17H19NOS. The fraction of sp³-hybridized carbons (Fsp3) is 0.412. The highest BCUT2D eigenvalue weighted by atomic mass is 32.2. The molecule has 0 spiro atoms. The molecule has 3 rings (SSSR count). The first-order chi connectivity index (χ1) is 9.83. The van der Waals surface area contributed by atoms with Crippen LogP contribution in [0.3, 0.4) is 0 Å². The van der Waals surface area contributed by atoms with E-state index in [0.29, 0.717) is 18.1 Å². The summed E-state index contributed by atoms with van der Waals surface area (Å²) in [5, 5.41) is 1.11. The maximum Gasteiger partial charge on any atom is 0.137 e. The average molecular weight is 285 g/mol. The largest absolute Gasteiger partial charge is 0.299 e. The molecule has 0 unspecified atom stereocenters. The van der Waals surface area contributed by atoms with Gasteiger partial charge in [0.25, 0.3) is 0 Å². The Hall–Kier alpha value is -1.35. The first-order valence-electron chi connectivity index (χ1n) is 7.25. The zero-order chi connectivity index (χ0) is 13.8. The van der Waals surface area contributed by atoms with Gasteiger partial charge in [-0.3, -0.25) is 9.78 Å². The molecule has 0 N–H and O–H groups in total. The second kappa shape index (κ2) is 6.40. The minimum absolute atomic E-state index is 0.373. The summed E-state index contributed by atoms with van der Waals surface area (Å²) in [6.45, 7) is 0. The average Bonchev–Trinajstić information content (AvgIpc) is 2.48. The van der Waals surface area contributed by atoms with E-state index < -0.39 is 0 Å². The number of benzene rings is 1. The number of pyridine rings is 1. The van der Waals surface area contributed by atoms with Crippen molar-refractivity contribution in [3.05, 3.63) is 42.1 Å². The van der Waals surface area contributed by atoms with E-state index in [-0.39, 0.29) is 0 Å². The summed E-state index contributed by atoms with van der Waals surface area (Å²) in [5.74, 6) is 3.42. The third-order valence-electron chi connectivity index (χ3n) is 3.98. The molecule has 1 aliphatic heterocycles. The molecule has 0 saturated carbocycles. The van der Waals surface area contributed by atoms with E-state index in [1.165, 1.54) is 24.3 Å².